The van der Waals surface area contributed by atoms with Gasteiger partial charge in [-0.2, -0.15) is 0 Å². The third-order valence-corrected chi connectivity index (χ3v) is 3.01. The van der Waals surface area contributed by atoms with E-state index in [1.807, 2.05) is 0 Å². The van der Waals surface area contributed by atoms with Crippen LogP contribution in [0, 0.1) is 0 Å². The van der Waals surface area contributed by atoms with Crippen molar-refractivity contribution < 1.29 is 9.21 Å². The summed E-state index contributed by atoms with van der Waals surface area (Å²) in [5.41, 5.74) is 0. The topological polar surface area (TPSA) is 52.2 Å². The Bertz CT molecular complexity index is 415. The molecule has 0 aliphatic heterocycles. The number of oxazole rings is 1. The van der Waals surface area contributed by atoms with E-state index in [0.29, 0.717) is 0 Å². The largest absolute Gasteiger partial charge is 0.419 e. The highest BCUT2D eigenvalue weighted by atomic mass is 35.5. The van der Waals surface area contributed by atoms with Crippen molar-refractivity contribution in [3.8, 4) is 0 Å². The van der Waals surface area contributed by atoms with E-state index in [0.717, 1.165) is 25.7 Å². The van der Waals surface area contributed by atoms with Crippen LogP contribution in [0.15, 0.2) is 15.4 Å². The number of hydrogen-bond acceptors (Lipinski definition) is 3. The van der Waals surface area contributed by atoms with Gasteiger partial charge in [-0.3, -0.25) is 9.36 Å². The average Bonchev–Trinajstić information content (AvgIpc) is 2.62. The lowest BCUT2D eigenvalue weighted by Crippen LogP contribution is -2.21. The fourth-order valence-electron chi connectivity index (χ4n) is 2.06. The third kappa shape index (κ3) is 2.15. The van der Waals surface area contributed by atoms with Gasteiger partial charge in [-0.1, -0.05) is 19.3 Å². The zero-order chi connectivity index (χ0) is 10.8. The summed E-state index contributed by atoms with van der Waals surface area (Å²) in [6, 6.07) is 0.166. The molecule has 1 aromatic heterocycles. The minimum atomic E-state index is -0.721. The van der Waals surface area contributed by atoms with Crippen molar-refractivity contribution in [1.29, 1.82) is 0 Å². The maximum Gasteiger partial charge on any atom is 0.419 e. The summed E-state index contributed by atoms with van der Waals surface area (Å²) in [6.45, 7) is 0. The highest BCUT2D eigenvalue weighted by Crippen LogP contribution is 2.27. The monoisotopic (exact) mass is 229 g/mol. The number of carbonyl (C=O) groups excluding carboxylic acids is 1. The van der Waals surface area contributed by atoms with Crippen molar-refractivity contribution >= 4 is 16.8 Å². The van der Waals surface area contributed by atoms with Gasteiger partial charge in [0, 0.05) is 6.04 Å². The molecular formula is C10H12ClNO3. The Hall–Kier alpha value is -1.03. The van der Waals surface area contributed by atoms with Gasteiger partial charge in [0.05, 0.1) is 6.20 Å². The van der Waals surface area contributed by atoms with Gasteiger partial charge in [0.2, 0.25) is 5.76 Å². The Labute approximate surface area is 91.8 Å². The molecule has 1 heterocycles. The summed E-state index contributed by atoms with van der Waals surface area (Å²) >= 11 is 5.24. The fraction of sp³-hybridized carbons (Fsp3) is 0.600. The van der Waals surface area contributed by atoms with Crippen molar-refractivity contribution in [2.45, 2.75) is 38.1 Å². The second kappa shape index (κ2) is 4.23. The van der Waals surface area contributed by atoms with Gasteiger partial charge in [0.25, 0.3) is 5.24 Å². The van der Waals surface area contributed by atoms with Gasteiger partial charge in [-0.25, -0.2) is 4.79 Å². The fourth-order valence-corrected chi connectivity index (χ4v) is 2.14. The molecule has 15 heavy (non-hydrogen) atoms. The highest BCUT2D eigenvalue weighted by Gasteiger charge is 2.20. The van der Waals surface area contributed by atoms with E-state index in [2.05, 4.69) is 0 Å². The molecule has 82 valence electrons. The lowest BCUT2D eigenvalue weighted by molar-refractivity contribution is 0.105. The van der Waals surface area contributed by atoms with Crippen LogP contribution in [0.5, 0.6) is 0 Å². The molecule has 5 heteroatoms. The summed E-state index contributed by atoms with van der Waals surface area (Å²) in [7, 11) is 0. The molecular weight excluding hydrogens is 218 g/mol. The van der Waals surface area contributed by atoms with Crippen LogP contribution in [-0.2, 0) is 0 Å². The van der Waals surface area contributed by atoms with E-state index in [1.54, 1.807) is 0 Å². The maximum atomic E-state index is 11.4. The number of rotatable bonds is 2. The van der Waals surface area contributed by atoms with Crippen molar-refractivity contribution in [2.24, 2.45) is 0 Å². The van der Waals surface area contributed by atoms with Crippen molar-refractivity contribution in [2.75, 3.05) is 0 Å². The summed E-state index contributed by atoms with van der Waals surface area (Å²) in [4.78, 5) is 22.2. The molecule has 0 amide bonds. The van der Waals surface area contributed by atoms with Crippen LogP contribution in [0.25, 0.3) is 0 Å². The smallest absolute Gasteiger partial charge is 0.403 e. The van der Waals surface area contributed by atoms with Crippen LogP contribution in [0.2, 0.25) is 0 Å². The van der Waals surface area contributed by atoms with Gasteiger partial charge in [0.15, 0.2) is 0 Å². The molecule has 2 rings (SSSR count). The summed E-state index contributed by atoms with van der Waals surface area (Å²) in [5, 5.41) is -0.721. The van der Waals surface area contributed by atoms with E-state index in [-0.39, 0.29) is 11.8 Å². The lowest BCUT2D eigenvalue weighted by Gasteiger charge is -2.21. The van der Waals surface area contributed by atoms with Crippen LogP contribution >= 0.6 is 11.6 Å². The first-order valence-corrected chi connectivity index (χ1v) is 5.48. The summed E-state index contributed by atoms with van der Waals surface area (Å²) in [6.07, 6.45) is 6.81. The molecule has 0 bridgehead atoms. The second-order valence-corrected chi connectivity index (χ2v) is 4.18. The van der Waals surface area contributed by atoms with Crippen molar-refractivity contribution in [3.63, 3.8) is 0 Å². The van der Waals surface area contributed by atoms with E-state index < -0.39 is 11.0 Å². The molecule has 0 radical (unpaired) electrons. The van der Waals surface area contributed by atoms with E-state index in [9.17, 15) is 9.59 Å². The SMILES string of the molecule is O=C(Cl)c1cn(C2CCCCC2)c(=O)o1. The van der Waals surface area contributed by atoms with Crippen LogP contribution in [0.4, 0.5) is 0 Å². The molecule has 1 aromatic rings. The lowest BCUT2D eigenvalue weighted by atomic mass is 9.95. The quantitative estimate of drug-likeness (QED) is 0.732. The molecule has 0 N–H and O–H groups in total. The molecule has 0 unspecified atom stereocenters. The number of hydrogen-bond donors (Lipinski definition) is 0. The van der Waals surface area contributed by atoms with Gasteiger partial charge in [0.1, 0.15) is 0 Å². The molecule has 0 atom stereocenters. The first kappa shape index (κ1) is 10.5. The third-order valence-electron chi connectivity index (χ3n) is 2.83. The Morgan fingerprint density at radius 1 is 1.40 bits per heavy atom. The van der Waals surface area contributed by atoms with Gasteiger partial charge in [-0.05, 0) is 24.4 Å². The molecule has 1 aliphatic carbocycles. The standard InChI is InChI=1S/C10H12ClNO3/c11-9(13)8-6-12(10(14)15-8)7-4-2-1-3-5-7/h6-7H,1-5H2. The normalized spacial score (nSPS) is 17.9. The second-order valence-electron chi connectivity index (χ2n) is 3.83. The Kier molecular flexibility index (Phi) is 2.95. The summed E-state index contributed by atoms with van der Waals surface area (Å²) in [5.74, 6) is -0.543. The summed E-state index contributed by atoms with van der Waals surface area (Å²) < 4.78 is 6.25. The Balaban J connectivity index is 2.27. The van der Waals surface area contributed by atoms with E-state index in [4.69, 9.17) is 16.0 Å². The molecule has 0 saturated heterocycles. The molecule has 4 nitrogen and oxygen atoms in total. The van der Waals surface area contributed by atoms with E-state index >= 15 is 0 Å². The predicted octanol–water partition coefficient (Wildman–Crippen LogP) is 2.33. The predicted molar refractivity (Wildman–Crippen MR) is 55.3 cm³/mol. The first-order valence-electron chi connectivity index (χ1n) is 5.10. The number of nitrogens with zero attached hydrogens (tertiary/aromatic N) is 1. The van der Waals surface area contributed by atoms with Crippen LogP contribution in [0.3, 0.4) is 0 Å². The number of aromatic nitrogens is 1. The maximum absolute atomic E-state index is 11.4. The van der Waals surface area contributed by atoms with Crippen LogP contribution in [0.1, 0.15) is 48.7 Å². The van der Waals surface area contributed by atoms with Crippen LogP contribution < -0.4 is 5.76 Å². The molecule has 0 aromatic carbocycles. The van der Waals surface area contributed by atoms with Crippen LogP contribution in [-0.4, -0.2) is 9.81 Å². The molecule has 1 saturated carbocycles. The average molecular weight is 230 g/mol. The zero-order valence-corrected chi connectivity index (χ0v) is 9.00. The first-order chi connectivity index (χ1) is 7.18. The minimum absolute atomic E-state index is 0.0627. The number of halogens is 1. The van der Waals surface area contributed by atoms with Gasteiger partial charge >= 0.3 is 5.76 Å². The van der Waals surface area contributed by atoms with Crippen molar-refractivity contribution in [1.82, 2.24) is 4.57 Å². The minimum Gasteiger partial charge on any atom is -0.403 e. The molecule has 1 aliphatic rings. The zero-order valence-electron chi connectivity index (χ0n) is 8.24. The van der Waals surface area contributed by atoms with Gasteiger partial charge in [-0.15, -0.1) is 0 Å². The highest BCUT2D eigenvalue weighted by molar-refractivity contribution is 6.67. The Morgan fingerprint density at radius 2 is 2.07 bits per heavy atom. The molecule has 0 spiro atoms. The van der Waals surface area contributed by atoms with Gasteiger partial charge < -0.3 is 4.42 Å². The number of carbonyl (C=O) groups is 1. The molecule has 1 fully saturated rings. The Morgan fingerprint density at radius 3 is 2.60 bits per heavy atom. The van der Waals surface area contributed by atoms with Crippen molar-refractivity contribution in [3.05, 3.63) is 22.5 Å². The van der Waals surface area contributed by atoms with E-state index in [1.165, 1.54) is 17.2 Å².